The van der Waals surface area contributed by atoms with Crippen LogP contribution in [-0.2, 0) is 4.79 Å². The highest BCUT2D eigenvalue weighted by atomic mass is 19.1. The van der Waals surface area contributed by atoms with E-state index >= 15 is 0 Å². The minimum absolute atomic E-state index is 0.0494. The van der Waals surface area contributed by atoms with E-state index in [1.54, 1.807) is 0 Å². The minimum Gasteiger partial charge on any atom is -0.324 e. The van der Waals surface area contributed by atoms with Gasteiger partial charge in [0.2, 0.25) is 5.91 Å². The molecule has 2 aliphatic rings. The maximum atomic E-state index is 13.5. The molecule has 2 unspecified atom stereocenters. The number of anilines is 1. The van der Waals surface area contributed by atoms with E-state index in [0.717, 1.165) is 25.0 Å². The summed E-state index contributed by atoms with van der Waals surface area (Å²) in [5.74, 6) is -1.21. The fourth-order valence-corrected chi connectivity index (χ4v) is 3.40. The molecule has 0 aliphatic carbocycles. The fourth-order valence-electron chi connectivity index (χ4n) is 3.40. The number of piperidine rings is 1. The number of carbonyl (C=O) groups is 1. The normalized spacial score (nSPS) is 28.4. The maximum absolute atomic E-state index is 13.5. The van der Waals surface area contributed by atoms with Crippen LogP contribution in [0.1, 0.15) is 32.1 Å². The van der Waals surface area contributed by atoms with Crippen LogP contribution in [0, 0.1) is 17.6 Å². The Bertz CT molecular complexity index is 509. The number of carbonyl (C=O) groups excluding carboxylic acids is 1. The number of nitrogens with one attached hydrogen (secondary N) is 2. The predicted octanol–water partition coefficient (Wildman–Crippen LogP) is 2.82. The number of benzene rings is 1. The van der Waals surface area contributed by atoms with E-state index in [9.17, 15) is 13.6 Å². The Morgan fingerprint density at radius 3 is 2.60 bits per heavy atom. The van der Waals surface area contributed by atoms with Crippen molar-refractivity contribution in [2.75, 3.05) is 5.32 Å². The number of fused-ring (bicyclic) bond motifs is 2. The summed E-state index contributed by atoms with van der Waals surface area (Å²) < 4.78 is 26.2. The molecular weight excluding hydrogens is 262 g/mol. The average molecular weight is 280 g/mol. The molecule has 0 radical (unpaired) electrons. The second-order valence-electron chi connectivity index (χ2n) is 5.85. The van der Waals surface area contributed by atoms with Gasteiger partial charge in [0.1, 0.15) is 11.6 Å². The Labute approximate surface area is 116 Å². The molecule has 1 aromatic carbocycles. The number of hydrogen-bond donors (Lipinski definition) is 2. The molecule has 2 atom stereocenters. The first-order valence-corrected chi connectivity index (χ1v) is 7.11. The molecule has 3 nitrogen and oxygen atoms in total. The van der Waals surface area contributed by atoms with Gasteiger partial charge >= 0.3 is 0 Å². The van der Waals surface area contributed by atoms with Gasteiger partial charge in [-0.2, -0.15) is 0 Å². The van der Waals surface area contributed by atoms with Crippen LogP contribution in [0.4, 0.5) is 14.5 Å². The summed E-state index contributed by atoms with van der Waals surface area (Å²) in [6, 6.07) is 4.25. The quantitative estimate of drug-likeness (QED) is 0.894. The van der Waals surface area contributed by atoms with E-state index in [-0.39, 0.29) is 11.6 Å². The lowest BCUT2D eigenvalue weighted by molar-refractivity contribution is -0.117. The van der Waals surface area contributed by atoms with Crippen molar-refractivity contribution >= 4 is 11.6 Å². The van der Waals surface area contributed by atoms with Crippen LogP contribution in [0.5, 0.6) is 0 Å². The zero-order valence-electron chi connectivity index (χ0n) is 11.2. The second-order valence-corrected chi connectivity index (χ2v) is 5.85. The van der Waals surface area contributed by atoms with E-state index in [1.807, 2.05) is 0 Å². The summed E-state index contributed by atoms with van der Waals surface area (Å²) in [5.41, 5.74) is 0.0494. The first kappa shape index (κ1) is 13.5. The van der Waals surface area contributed by atoms with Crippen LogP contribution in [0.3, 0.4) is 0 Å². The lowest BCUT2D eigenvalue weighted by Crippen LogP contribution is -2.39. The van der Waals surface area contributed by atoms with Gasteiger partial charge in [0, 0.05) is 24.6 Å². The highest BCUT2D eigenvalue weighted by Crippen LogP contribution is 2.32. The molecule has 2 fully saturated rings. The Morgan fingerprint density at radius 2 is 1.95 bits per heavy atom. The smallest absolute Gasteiger partial charge is 0.224 e. The summed E-state index contributed by atoms with van der Waals surface area (Å²) in [6.45, 7) is 0. The van der Waals surface area contributed by atoms with Crippen LogP contribution in [0.15, 0.2) is 18.2 Å². The second kappa shape index (κ2) is 5.48. The van der Waals surface area contributed by atoms with Gasteiger partial charge in [0.25, 0.3) is 0 Å². The van der Waals surface area contributed by atoms with Crippen molar-refractivity contribution < 1.29 is 13.6 Å². The Hall–Kier alpha value is -1.49. The maximum Gasteiger partial charge on any atom is 0.224 e. The van der Waals surface area contributed by atoms with Gasteiger partial charge in [-0.1, -0.05) is 0 Å². The first-order chi connectivity index (χ1) is 9.60. The van der Waals surface area contributed by atoms with E-state index in [4.69, 9.17) is 0 Å². The van der Waals surface area contributed by atoms with Crippen LogP contribution in [0.25, 0.3) is 0 Å². The lowest BCUT2D eigenvalue weighted by Gasteiger charge is -2.28. The number of rotatable bonds is 3. The van der Waals surface area contributed by atoms with Crippen molar-refractivity contribution in [1.82, 2.24) is 5.32 Å². The van der Waals surface area contributed by atoms with Gasteiger partial charge in [-0.25, -0.2) is 8.78 Å². The molecule has 3 rings (SSSR count). The molecule has 0 aromatic heterocycles. The molecular formula is C15H18F2N2O. The molecule has 2 heterocycles. The van der Waals surface area contributed by atoms with Crippen LogP contribution < -0.4 is 10.6 Å². The third kappa shape index (κ3) is 2.98. The number of amides is 1. The summed E-state index contributed by atoms with van der Waals surface area (Å²) in [5, 5.41) is 6.06. The van der Waals surface area contributed by atoms with Gasteiger partial charge in [-0.3, -0.25) is 4.79 Å². The minimum atomic E-state index is -0.733. The molecule has 20 heavy (non-hydrogen) atoms. The van der Waals surface area contributed by atoms with Crippen molar-refractivity contribution in [2.24, 2.45) is 5.92 Å². The van der Waals surface area contributed by atoms with Gasteiger partial charge in [0.05, 0.1) is 5.69 Å². The third-order valence-corrected chi connectivity index (χ3v) is 4.25. The summed E-state index contributed by atoms with van der Waals surface area (Å²) in [7, 11) is 0. The van der Waals surface area contributed by atoms with Crippen LogP contribution in [0.2, 0.25) is 0 Å². The molecule has 2 N–H and O–H groups in total. The summed E-state index contributed by atoms with van der Waals surface area (Å²) in [4.78, 5) is 12.0. The van der Waals surface area contributed by atoms with E-state index in [0.29, 0.717) is 24.4 Å². The molecule has 2 bridgehead atoms. The van der Waals surface area contributed by atoms with E-state index in [2.05, 4.69) is 10.6 Å². The SMILES string of the molecule is O=C(CC1CC2CCC(C1)N2)Nc1ccc(F)cc1F. The molecule has 0 saturated carbocycles. The molecule has 2 aliphatic heterocycles. The summed E-state index contributed by atoms with van der Waals surface area (Å²) in [6.07, 6.45) is 4.81. The van der Waals surface area contributed by atoms with E-state index < -0.39 is 11.6 Å². The van der Waals surface area contributed by atoms with Crippen LogP contribution in [-0.4, -0.2) is 18.0 Å². The monoisotopic (exact) mass is 280 g/mol. The standard InChI is InChI=1S/C15H18F2N2O/c16-10-1-4-14(13(17)8-10)19-15(20)7-9-5-11-2-3-12(6-9)18-11/h1,4,8-9,11-12,18H,2-3,5-7H2,(H,19,20). The molecule has 0 spiro atoms. The molecule has 1 amide bonds. The van der Waals surface area contributed by atoms with Gasteiger partial charge in [-0.15, -0.1) is 0 Å². The highest BCUT2D eigenvalue weighted by Gasteiger charge is 2.34. The fraction of sp³-hybridized carbons (Fsp3) is 0.533. The number of halogens is 2. The highest BCUT2D eigenvalue weighted by molar-refractivity contribution is 5.90. The largest absolute Gasteiger partial charge is 0.324 e. The van der Waals surface area contributed by atoms with Crippen molar-refractivity contribution in [3.8, 4) is 0 Å². The molecule has 108 valence electrons. The Morgan fingerprint density at radius 1 is 1.25 bits per heavy atom. The molecule has 5 heteroatoms. The van der Waals surface area contributed by atoms with Crippen LogP contribution >= 0.6 is 0 Å². The van der Waals surface area contributed by atoms with Crippen molar-refractivity contribution in [2.45, 2.75) is 44.2 Å². The zero-order chi connectivity index (χ0) is 14.1. The van der Waals surface area contributed by atoms with Gasteiger partial charge in [0.15, 0.2) is 0 Å². The first-order valence-electron chi connectivity index (χ1n) is 7.11. The Kier molecular flexibility index (Phi) is 3.70. The molecule has 2 saturated heterocycles. The van der Waals surface area contributed by atoms with E-state index in [1.165, 1.54) is 18.9 Å². The predicted molar refractivity (Wildman–Crippen MR) is 72.3 cm³/mol. The summed E-state index contributed by atoms with van der Waals surface area (Å²) >= 11 is 0. The average Bonchev–Trinajstić information content (AvgIpc) is 2.72. The van der Waals surface area contributed by atoms with Crippen molar-refractivity contribution in [1.29, 1.82) is 0 Å². The van der Waals surface area contributed by atoms with Crippen molar-refractivity contribution in [3.05, 3.63) is 29.8 Å². The lowest BCUT2D eigenvalue weighted by atomic mass is 9.89. The molecule has 1 aromatic rings. The number of hydrogen-bond acceptors (Lipinski definition) is 2. The van der Waals surface area contributed by atoms with Gasteiger partial charge < -0.3 is 10.6 Å². The van der Waals surface area contributed by atoms with Gasteiger partial charge in [-0.05, 0) is 43.7 Å². The Balaban J connectivity index is 1.57. The zero-order valence-corrected chi connectivity index (χ0v) is 11.2. The third-order valence-electron chi connectivity index (χ3n) is 4.25. The topological polar surface area (TPSA) is 41.1 Å². The van der Waals surface area contributed by atoms with Crippen molar-refractivity contribution in [3.63, 3.8) is 0 Å².